The monoisotopic (exact) mass is 277 g/mol. The molecule has 0 fully saturated rings. The summed E-state index contributed by atoms with van der Waals surface area (Å²) in [5.74, 6) is 0.784. The zero-order valence-corrected chi connectivity index (χ0v) is 11.5. The molecule has 0 aliphatic rings. The Kier molecular flexibility index (Phi) is 3.83. The van der Waals surface area contributed by atoms with Crippen LogP contribution in [0, 0.1) is 0 Å². The first-order valence-corrected chi connectivity index (χ1v) is 6.78. The number of hydrogen-bond acceptors (Lipinski definition) is 2. The van der Waals surface area contributed by atoms with Crippen LogP contribution in [-0.4, -0.2) is 4.57 Å². The Morgan fingerprint density at radius 1 is 0.810 bits per heavy atom. The number of aromatic nitrogens is 1. The number of ether oxygens (including phenoxy) is 1. The summed E-state index contributed by atoms with van der Waals surface area (Å²) in [6.45, 7) is 0.533. The molecule has 0 bridgehead atoms. The van der Waals surface area contributed by atoms with Gasteiger partial charge in [-0.1, -0.05) is 36.4 Å². The fourth-order valence-electron chi connectivity index (χ4n) is 2.08. The van der Waals surface area contributed by atoms with Crippen molar-refractivity contribution in [1.82, 2.24) is 4.57 Å². The lowest BCUT2D eigenvalue weighted by Gasteiger charge is -2.08. The summed E-state index contributed by atoms with van der Waals surface area (Å²) in [5.41, 5.74) is 1.91. The maximum Gasteiger partial charge on any atom is 0.255 e. The first-order chi connectivity index (χ1) is 10.3. The van der Waals surface area contributed by atoms with E-state index in [1.165, 1.54) is 0 Å². The van der Waals surface area contributed by atoms with Crippen molar-refractivity contribution in [3.63, 3.8) is 0 Å². The van der Waals surface area contributed by atoms with Crippen LogP contribution in [0.1, 0.15) is 5.56 Å². The van der Waals surface area contributed by atoms with Crippen molar-refractivity contribution in [2.75, 3.05) is 0 Å². The first kappa shape index (κ1) is 13.2. The summed E-state index contributed by atoms with van der Waals surface area (Å²) < 4.78 is 7.32. The minimum atomic E-state index is -0.0459. The molecule has 0 saturated carbocycles. The molecule has 0 aliphatic heterocycles. The van der Waals surface area contributed by atoms with E-state index in [-0.39, 0.29) is 5.56 Å². The van der Waals surface area contributed by atoms with Crippen molar-refractivity contribution in [3.8, 4) is 11.4 Å². The van der Waals surface area contributed by atoms with E-state index < -0.39 is 0 Å². The fraction of sp³-hybridized carbons (Fsp3) is 0.0556. The predicted molar refractivity (Wildman–Crippen MR) is 82.8 cm³/mol. The Morgan fingerprint density at radius 2 is 1.52 bits per heavy atom. The molecule has 3 rings (SSSR count). The molecule has 0 radical (unpaired) electrons. The quantitative estimate of drug-likeness (QED) is 0.731. The van der Waals surface area contributed by atoms with Gasteiger partial charge in [0, 0.05) is 18.0 Å². The van der Waals surface area contributed by atoms with Crippen LogP contribution < -0.4 is 10.3 Å². The van der Waals surface area contributed by atoms with Gasteiger partial charge < -0.3 is 4.74 Å². The molecule has 1 heterocycles. The van der Waals surface area contributed by atoms with Gasteiger partial charge in [0.05, 0.1) is 0 Å². The highest BCUT2D eigenvalue weighted by atomic mass is 16.5. The van der Waals surface area contributed by atoms with Crippen LogP contribution in [0.2, 0.25) is 0 Å². The lowest BCUT2D eigenvalue weighted by molar-refractivity contribution is 0.306. The molecule has 0 aliphatic carbocycles. The van der Waals surface area contributed by atoms with E-state index in [0.717, 1.165) is 17.0 Å². The average molecular weight is 277 g/mol. The molecule has 1 aromatic heterocycles. The van der Waals surface area contributed by atoms with Gasteiger partial charge in [-0.3, -0.25) is 9.36 Å². The highest BCUT2D eigenvalue weighted by molar-refractivity contribution is 5.37. The van der Waals surface area contributed by atoms with E-state index in [2.05, 4.69) is 0 Å². The van der Waals surface area contributed by atoms with E-state index in [1.807, 2.05) is 60.7 Å². The predicted octanol–water partition coefficient (Wildman–Crippen LogP) is 3.42. The van der Waals surface area contributed by atoms with Gasteiger partial charge in [0.2, 0.25) is 0 Å². The molecule has 0 amide bonds. The summed E-state index contributed by atoms with van der Waals surface area (Å²) >= 11 is 0. The second-order valence-electron chi connectivity index (χ2n) is 4.68. The lowest BCUT2D eigenvalue weighted by Crippen LogP contribution is -2.15. The molecule has 0 saturated heterocycles. The van der Waals surface area contributed by atoms with Gasteiger partial charge in [0.25, 0.3) is 5.56 Å². The third-order valence-corrected chi connectivity index (χ3v) is 3.19. The number of benzene rings is 2. The van der Waals surface area contributed by atoms with Crippen LogP contribution in [0.15, 0.2) is 83.8 Å². The standard InChI is InChI=1S/C18H15NO2/c20-18-8-4-5-13-19(18)16-9-11-17(12-10-16)21-14-15-6-2-1-3-7-15/h1-13H,14H2. The van der Waals surface area contributed by atoms with Gasteiger partial charge in [-0.15, -0.1) is 0 Å². The molecule has 0 atom stereocenters. The fourth-order valence-corrected chi connectivity index (χ4v) is 2.08. The van der Waals surface area contributed by atoms with Crippen LogP contribution in [-0.2, 0) is 6.61 Å². The van der Waals surface area contributed by atoms with Crippen LogP contribution in [0.25, 0.3) is 5.69 Å². The maximum atomic E-state index is 11.7. The van der Waals surface area contributed by atoms with Crippen LogP contribution >= 0.6 is 0 Å². The Hall–Kier alpha value is -2.81. The second-order valence-corrected chi connectivity index (χ2v) is 4.68. The van der Waals surface area contributed by atoms with Crippen LogP contribution in [0.5, 0.6) is 5.75 Å². The molecule has 3 aromatic rings. The van der Waals surface area contributed by atoms with Crippen molar-refractivity contribution >= 4 is 0 Å². The molecule has 0 unspecified atom stereocenters. The van der Waals surface area contributed by atoms with E-state index in [4.69, 9.17) is 4.74 Å². The van der Waals surface area contributed by atoms with E-state index >= 15 is 0 Å². The topological polar surface area (TPSA) is 31.2 Å². The summed E-state index contributed by atoms with van der Waals surface area (Å²) in [5, 5.41) is 0. The smallest absolute Gasteiger partial charge is 0.255 e. The third kappa shape index (κ3) is 3.20. The maximum absolute atomic E-state index is 11.7. The van der Waals surface area contributed by atoms with Crippen molar-refractivity contribution in [2.24, 2.45) is 0 Å². The summed E-state index contributed by atoms with van der Waals surface area (Å²) in [7, 11) is 0. The number of pyridine rings is 1. The molecule has 21 heavy (non-hydrogen) atoms. The number of hydrogen-bond donors (Lipinski definition) is 0. The SMILES string of the molecule is O=c1ccccn1-c1ccc(OCc2ccccc2)cc1. The van der Waals surface area contributed by atoms with Gasteiger partial charge in [0.15, 0.2) is 0 Å². The van der Waals surface area contributed by atoms with E-state index in [9.17, 15) is 4.79 Å². The van der Waals surface area contributed by atoms with Gasteiger partial charge in [-0.05, 0) is 35.9 Å². The molecule has 2 aromatic carbocycles. The lowest BCUT2D eigenvalue weighted by atomic mass is 10.2. The normalized spacial score (nSPS) is 10.3. The Bertz CT molecular complexity index is 761. The highest BCUT2D eigenvalue weighted by Crippen LogP contribution is 2.15. The van der Waals surface area contributed by atoms with Crippen molar-refractivity contribution in [3.05, 3.63) is 94.9 Å². The molecule has 3 nitrogen and oxygen atoms in total. The highest BCUT2D eigenvalue weighted by Gasteiger charge is 2.00. The van der Waals surface area contributed by atoms with E-state index in [0.29, 0.717) is 6.61 Å². The molecule has 0 N–H and O–H groups in total. The van der Waals surface area contributed by atoms with Gasteiger partial charge in [-0.25, -0.2) is 0 Å². The number of nitrogens with zero attached hydrogens (tertiary/aromatic N) is 1. The minimum Gasteiger partial charge on any atom is -0.489 e. The average Bonchev–Trinajstić information content (AvgIpc) is 2.55. The Morgan fingerprint density at radius 3 is 2.24 bits per heavy atom. The van der Waals surface area contributed by atoms with E-state index in [1.54, 1.807) is 22.9 Å². The summed E-state index contributed by atoms with van der Waals surface area (Å²) in [6.07, 6.45) is 1.75. The zero-order chi connectivity index (χ0) is 14.5. The van der Waals surface area contributed by atoms with Crippen LogP contribution in [0.3, 0.4) is 0 Å². The van der Waals surface area contributed by atoms with Gasteiger partial charge in [0.1, 0.15) is 12.4 Å². The Labute approximate surface area is 123 Å². The number of rotatable bonds is 4. The van der Waals surface area contributed by atoms with Gasteiger partial charge in [-0.2, -0.15) is 0 Å². The Balaban J connectivity index is 1.73. The second kappa shape index (κ2) is 6.09. The van der Waals surface area contributed by atoms with Crippen LogP contribution in [0.4, 0.5) is 0 Å². The first-order valence-electron chi connectivity index (χ1n) is 6.78. The summed E-state index contributed by atoms with van der Waals surface area (Å²) in [6, 6.07) is 22.6. The molecule has 104 valence electrons. The van der Waals surface area contributed by atoms with Crippen molar-refractivity contribution in [2.45, 2.75) is 6.61 Å². The zero-order valence-electron chi connectivity index (χ0n) is 11.5. The van der Waals surface area contributed by atoms with Crippen molar-refractivity contribution in [1.29, 1.82) is 0 Å². The molecule has 3 heteroatoms. The molecular formula is C18H15NO2. The van der Waals surface area contributed by atoms with Gasteiger partial charge >= 0.3 is 0 Å². The molecule has 0 spiro atoms. The minimum absolute atomic E-state index is 0.0459. The van der Waals surface area contributed by atoms with Crippen molar-refractivity contribution < 1.29 is 4.74 Å². The summed E-state index contributed by atoms with van der Waals surface area (Å²) in [4.78, 5) is 11.7. The largest absolute Gasteiger partial charge is 0.489 e. The molecular weight excluding hydrogens is 262 g/mol. The third-order valence-electron chi connectivity index (χ3n) is 3.19.